The molecule has 2 aromatic carbocycles. The number of ether oxygens (including phenoxy) is 1. The molecule has 3 aromatic heterocycles. The van der Waals surface area contributed by atoms with Crippen molar-refractivity contribution in [3.05, 3.63) is 93.1 Å². The van der Waals surface area contributed by atoms with Gasteiger partial charge in [-0.3, -0.25) is 4.79 Å². The number of nitrogens with zero attached hydrogens (tertiary/aromatic N) is 1. The van der Waals surface area contributed by atoms with E-state index in [1.54, 1.807) is 13.0 Å². The van der Waals surface area contributed by atoms with E-state index in [0.29, 0.717) is 31.7 Å². The summed E-state index contributed by atoms with van der Waals surface area (Å²) in [4.78, 5) is 32.2. The number of halogens is 1. The van der Waals surface area contributed by atoms with Gasteiger partial charge in [-0.25, -0.2) is 9.78 Å². The van der Waals surface area contributed by atoms with Crippen LogP contribution in [0.25, 0.3) is 32.6 Å². The van der Waals surface area contributed by atoms with E-state index in [4.69, 9.17) is 21.3 Å². The molecular weight excluding hydrogens is 512 g/mol. The lowest BCUT2D eigenvalue weighted by Crippen LogP contribution is -2.15. The van der Waals surface area contributed by atoms with Gasteiger partial charge in [-0.1, -0.05) is 59.6 Å². The Bertz CT molecular complexity index is 1590. The third-order valence-electron chi connectivity index (χ3n) is 5.65. The third kappa shape index (κ3) is 4.78. The lowest BCUT2D eigenvalue weighted by atomic mass is 10.0. The molecule has 0 radical (unpaired) electrons. The van der Waals surface area contributed by atoms with E-state index in [1.807, 2.05) is 73.0 Å². The molecule has 0 bridgehead atoms. The van der Waals surface area contributed by atoms with Crippen LogP contribution < -0.4 is 5.32 Å². The molecule has 0 saturated carbocycles. The Labute approximate surface area is 221 Å². The number of esters is 1. The zero-order valence-corrected chi connectivity index (χ0v) is 21.9. The van der Waals surface area contributed by atoms with E-state index >= 15 is 0 Å². The van der Waals surface area contributed by atoms with E-state index in [1.165, 1.54) is 22.7 Å². The number of aromatic nitrogens is 1. The molecular formula is C28H21ClN2O3S2. The minimum absolute atomic E-state index is 0.233. The average Bonchev–Trinajstić information content (AvgIpc) is 3.50. The second kappa shape index (κ2) is 10.2. The number of thiophene rings is 2. The molecule has 0 spiro atoms. The van der Waals surface area contributed by atoms with Crippen molar-refractivity contribution in [1.82, 2.24) is 4.98 Å². The summed E-state index contributed by atoms with van der Waals surface area (Å²) in [6.07, 6.45) is 0. The number of aryl methyl sites for hydroxylation is 1. The van der Waals surface area contributed by atoms with Crippen LogP contribution in [-0.4, -0.2) is 23.5 Å². The normalized spacial score (nSPS) is 11.0. The van der Waals surface area contributed by atoms with Crippen LogP contribution in [0.15, 0.2) is 72.1 Å². The first-order chi connectivity index (χ1) is 17.4. The van der Waals surface area contributed by atoms with E-state index in [2.05, 4.69) is 5.32 Å². The maximum absolute atomic E-state index is 13.6. The predicted octanol–water partition coefficient (Wildman–Crippen LogP) is 8.08. The number of amides is 1. The maximum atomic E-state index is 13.6. The van der Waals surface area contributed by atoms with Crippen LogP contribution in [0.5, 0.6) is 0 Å². The molecule has 1 N–H and O–H groups in total. The number of anilines is 1. The molecule has 8 heteroatoms. The molecule has 0 unspecified atom stereocenters. The zero-order chi connectivity index (χ0) is 25.2. The van der Waals surface area contributed by atoms with Crippen molar-refractivity contribution in [2.75, 3.05) is 11.9 Å². The zero-order valence-electron chi connectivity index (χ0n) is 19.5. The van der Waals surface area contributed by atoms with Crippen LogP contribution in [0.1, 0.15) is 33.2 Å². The fourth-order valence-electron chi connectivity index (χ4n) is 3.91. The topological polar surface area (TPSA) is 68.3 Å². The second-order valence-electron chi connectivity index (χ2n) is 8.07. The van der Waals surface area contributed by atoms with Gasteiger partial charge in [0.2, 0.25) is 0 Å². The molecule has 5 aromatic rings. The lowest BCUT2D eigenvalue weighted by molar-refractivity contribution is 0.0529. The predicted molar refractivity (Wildman–Crippen MR) is 148 cm³/mol. The summed E-state index contributed by atoms with van der Waals surface area (Å²) < 4.78 is 5.99. The molecule has 0 aliphatic heterocycles. The minimum Gasteiger partial charge on any atom is -0.462 e. The highest BCUT2D eigenvalue weighted by molar-refractivity contribution is 7.19. The van der Waals surface area contributed by atoms with Gasteiger partial charge >= 0.3 is 5.97 Å². The third-order valence-corrected chi connectivity index (χ3v) is 7.80. The van der Waals surface area contributed by atoms with Crippen LogP contribution in [0.4, 0.5) is 5.00 Å². The molecule has 5 rings (SSSR count). The van der Waals surface area contributed by atoms with E-state index in [0.717, 1.165) is 27.0 Å². The number of carbonyl (C=O) groups is 2. The Morgan fingerprint density at radius 1 is 1.06 bits per heavy atom. The summed E-state index contributed by atoms with van der Waals surface area (Å²) in [5, 5.41) is 6.00. The molecule has 0 saturated heterocycles. The fourth-order valence-corrected chi connectivity index (χ4v) is 5.87. The van der Waals surface area contributed by atoms with Gasteiger partial charge in [0.1, 0.15) is 10.6 Å². The van der Waals surface area contributed by atoms with E-state index in [9.17, 15) is 9.59 Å². The van der Waals surface area contributed by atoms with Crippen LogP contribution in [0.2, 0.25) is 4.34 Å². The number of hydrogen-bond donors (Lipinski definition) is 1. The number of para-hydroxylation sites is 1. The van der Waals surface area contributed by atoms with Crippen LogP contribution in [0, 0.1) is 6.92 Å². The Morgan fingerprint density at radius 3 is 2.56 bits per heavy atom. The summed E-state index contributed by atoms with van der Waals surface area (Å²) in [5.74, 6) is -0.807. The van der Waals surface area contributed by atoms with Crippen molar-refractivity contribution in [3.63, 3.8) is 0 Å². The summed E-state index contributed by atoms with van der Waals surface area (Å²) in [6.45, 7) is 4.00. The van der Waals surface area contributed by atoms with Crippen LogP contribution in [-0.2, 0) is 4.74 Å². The smallest absolute Gasteiger partial charge is 0.341 e. The Kier molecular flexibility index (Phi) is 6.87. The molecule has 5 nitrogen and oxygen atoms in total. The first-order valence-corrected chi connectivity index (χ1v) is 13.3. The number of fused-ring (bicyclic) bond motifs is 1. The molecule has 3 heterocycles. The number of hydrogen-bond acceptors (Lipinski definition) is 6. The van der Waals surface area contributed by atoms with Gasteiger partial charge in [-0.15, -0.1) is 22.7 Å². The summed E-state index contributed by atoms with van der Waals surface area (Å²) >= 11 is 8.84. The van der Waals surface area contributed by atoms with E-state index in [-0.39, 0.29) is 12.5 Å². The Morgan fingerprint density at radius 2 is 1.83 bits per heavy atom. The van der Waals surface area contributed by atoms with Gasteiger partial charge in [0, 0.05) is 16.3 Å². The molecule has 180 valence electrons. The van der Waals surface area contributed by atoms with Gasteiger partial charge < -0.3 is 10.1 Å². The number of benzene rings is 2. The Hall–Kier alpha value is -3.52. The van der Waals surface area contributed by atoms with Crippen molar-refractivity contribution in [2.45, 2.75) is 13.8 Å². The lowest BCUT2D eigenvalue weighted by Gasteiger charge is -2.11. The number of carbonyl (C=O) groups excluding carboxylic acids is 2. The summed E-state index contributed by atoms with van der Waals surface area (Å²) in [5.41, 5.74) is 4.89. The Balaban J connectivity index is 1.57. The van der Waals surface area contributed by atoms with Crippen LogP contribution >= 0.6 is 34.3 Å². The van der Waals surface area contributed by atoms with Crippen molar-refractivity contribution in [2.24, 2.45) is 0 Å². The maximum Gasteiger partial charge on any atom is 0.341 e. The first-order valence-electron chi connectivity index (χ1n) is 11.3. The van der Waals surface area contributed by atoms with Gasteiger partial charge in [0.25, 0.3) is 5.91 Å². The van der Waals surface area contributed by atoms with Gasteiger partial charge in [-0.05, 0) is 43.7 Å². The summed E-state index contributed by atoms with van der Waals surface area (Å²) in [7, 11) is 0. The highest BCUT2D eigenvalue weighted by Crippen LogP contribution is 2.37. The van der Waals surface area contributed by atoms with E-state index < -0.39 is 5.97 Å². The number of pyridine rings is 1. The molecule has 0 atom stereocenters. The summed E-state index contributed by atoms with van der Waals surface area (Å²) in [6, 6.07) is 20.8. The first kappa shape index (κ1) is 24.2. The van der Waals surface area contributed by atoms with Gasteiger partial charge in [0.15, 0.2) is 0 Å². The second-order valence-corrected chi connectivity index (χ2v) is 10.7. The van der Waals surface area contributed by atoms with Crippen LogP contribution in [0.3, 0.4) is 0 Å². The van der Waals surface area contributed by atoms with Gasteiger partial charge in [0.05, 0.1) is 32.6 Å². The molecule has 0 aliphatic carbocycles. The molecule has 0 aliphatic rings. The monoisotopic (exact) mass is 532 g/mol. The number of rotatable bonds is 6. The highest BCUT2D eigenvalue weighted by atomic mass is 35.5. The molecule has 0 fully saturated rings. The largest absolute Gasteiger partial charge is 0.462 e. The SMILES string of the molecule is CCOC(=O)c1c(-c2ccc(C)cc2)csc1NC(=O)c1cc(-c2ccc(Cl)s2)nc2ccccc12. The highest BCUT2D eigenvalue weighted by Gasteiger charge is 2.24. The van der Waals surface area contributed by atoms with Crippen molar-refractivity contribution in [3.8, 4) is 21.7 Å². The average molecular weight is 533 g/mol. The van der Waals surface area contributed by atoms with Crippen molar-refractivity contribution in [1.29, 1.82) is 0 Å². The van der Waals surface area contributed by atoms with Crippen molar-refractivity contribution >= 4 is 62.1 Å². The molecule has 1 amide bonds. The number of nitrogens with one attached hydrogen (secondary N) is 1. The van der Waals surface area contributed by atoms with Crippen molar-refractivity contribution < 1.29 is 14.3 Å². The standard InChI is InChI=1S/C28H21ClN2O3S2/c1-3-34-28(33)25-20(17-10-8-16(2)9-11-17)15-35-27(25)31-26(32)19-14-22(23-12-13-24(29)36-23)30-21-7-5-4-6-18(19)21/h4-15H,3H2,1-2H3,(H,31,32). The quantitative estimate of drug-likeness (QED) is 0.224. The molecule has 36 heavy (non-hydrogen) atoms. The minimum atomic E-state index is -0.474. The fraction of sp³-hybridized carbons (Fsp3) is 0.107. The van der Waals surface area contributed by atoms with Gasteiger partial charge in [-0.2, -0.15) is 0 Å².